The van der Waals surface area contributed by atoms with Crippen molar-refractivity contribution in [3.63, 3.8) is 0 Å². The van der Waals surface area contributed by atoms with Crippen LogP contribution in [0.2, 0.25) is 5.02 Å². The summed E-state index contributed by atoms with van der Waals surface area (Å²) in [6.45, 7) is 3.69. The maximum atomic E-state index is 13.1. The van der Waals surface area contributed by atoms with Crippen molar-refractivity contribution < 1.29 is 24.2 Å². The predicted molar refractivity (Wildman–Crippen MR) is 119 cm³/mol. The van der Waals surface area contributed by atoms with Gasteiger partial charge in [-0.2, -0.15) is 0 Å². The van der Waals surface area contributed by atoms with Gasteiger partial charge in [-0.3, -0.25) is 19.5 Å². The second kappa shape index (κ2) is 9.68. The number of hydrogen-bond donors (Lipinski definition) is 1. The summed E-state index contributed by atoms with van der Waals surface area (Å²) in [5, 5.41) is 11.6. The highest BCUT2D eigenvalue weighted by molar-refractivity contribution is 6.46. The summed E-state index contributed by atoms with van der Waals surface area (Å²) in [5.74, 6) is -1.43. The third kappa shape index (κ3) is 4.34. The number of aliphatic hydroxyl groups excluding tert-OH is 1. The van der Waals surface area contributed by atoms with Crippen LogP contribution in [0.3, 0.4) is 0 Å². The van der Waals surface area contributed by atoms with Crippen molar-refractivity contribution in [3.8, 4) is 5.75 Å². The third-order valence-electron chi connectivity index (χ3n) is 5.69. The number of likely N-dealkylation sites (tertiary alicyclic amines) is 1. The Balaban J connectivity index is 1.76. The number of amides is 1. The molecule has 0 radical (unpaired) electrons. The molecule has 2 aliphatic heterocycles. The molecule has 0 bridgehead atoms. The van der Waals surface area contributed by atoms with E-state index in [4.69, 9.17) is 21.1 Å². The molecular weight excluding hydrogens is 434 g/mol. The highest BCUT2D eigenvalue weighted by atomic mass is 35.5. The molecule has 168 valence electrons. The molecule has 32 heavy (non-hydrogen) atoms. The summed E-state index contributed by atoms with van der Waals surface area (Å²) in [7, 11) is 1.46. The van der Waals surface area contributed by atoms with E-state index in [1.165, 1.54) is 18.1 Å². The number of ether oxygens (including phenoxy) is 2. The van der Waals surface area contributed by atoms with Gasteiger partial charge in [0, 0.05) is 37.4 Å². The summed E-state index contributed by atoms with van der Waals surface area (Å²) in [6, 6.07) is 9.18. The lowest BCUT2D eigenvalue weighted by atomic mass is 9.98. The molecular formula is C23H24ClN3O5. The average Bonchev–Trinajstić information content (AvgIpc) is 3.08. The van der Waals surface area contributed by atoms with Gasteiger partial charge in [-0.25, -0.2) is 0 Å². The molecule has 1 atom stereocenters. The van der Waals surface area contributed by atoms with Crippen molar-refractivity contribution in [1.82, 2.24) is 14.8 Å². The van der Waals surface area contributed by atoms with Crippen LogP contribution >= 0.6 is 11.6 Å². The summed E-state index contributed by atoms with van der Waals surface area (Å²) in [6.07, 6.45) is 1.59. The molecule has 1 aromatic carbocycles. The quantitative estimate of drug-likeness (QED) is 0.404. The molecule has 1 N–H and O–H groups in total. The molecule has 0 spiro atoms. The first kappa shape index (κ1) is 22.3. The number of morpholine rings is 1. The highest BCUT2D eigenvalue weighted by Gasteiger charge is 2.47. The Bertz CT molecular complexity index is 1040. The summed E-state index contributed by atoms with van der Waals surface area (Å²) in [4.78, 5) is 34.2. The number of methoxy groups -OCH3 is 1. The zero-order valence-corrected chi connectivity index (χ0v) is 18.4. The second-order valence-corrected chi connectivity index (χ2v) is 7.98. The molecule has 0 aliphatic carbocycles. The first-order chi connectivity index (χ1) is 15.5. The van der Waals surface area contributed by atoms with Crippen molar-refractivity contribution in [1.29, 1.82) is 0 Å². The molecule has 2 fully saturated rings. The SMILES string of the molecule is COc1ccc(Cl)cc1C(O)=C1C(=O)C(=O)N(CCN2CCOCC2)[C@@H]1c1ccccn1. The largest absolute Gasteiger partial charge is 0.507 e. The van der Waals surface area contributed by atoms with Crippen LogP contribution in [-0.2, 0) is 14.3 Å². The van der Waals surface area contributed by atoms with Crippen molar-refractivity contribution in [2.24, 2.45) is 0 Å². The Morgan fingerprint density at radius 1 is 1.22 bits per heavy atom. The van der Waals surface area contributed by atoms with Gasteiger partial charge in [-0.15, -0.1) is 0 Å². The fraction of sp³-hybridized carbons (Fsp3) is 0.348. The number of aliphatic hydroxyl groups is 1. The average molecular weight is 458 g/mol. The molecule has 8 nitrogen and oxygen atoms in total. The smallest absolute Gasteiger partial charge is 0.295 e. The van der Waals surface area contributed by atoms with Crippen LogP contribution in [-0.4, -0.2) is 78.1 Å². The van der Waals surface area contributed by atoms with E-state index in [-0.39, 0.29) is 16.9 Å². The maximum Gasteiger partial charge on any atom is 0.295 e. The number of hydrogen-bond acceptors (Lipinski definition) is 7. The van der Waals surface area contributed by atoms with Crippen LogP contribution in [0.5, 0.6) is 5.75 Å². The molecule has 2 aliphatic rings. The zero-order valence-electron chi connectivity index (χ0n) is 17.7. The van der Waals surface area contributed by atoms with Crippen LogP contribution in [0.4, 0.5) is 0 Å². The Hall–Kier alpha value is -2.94. The lowest BCUT2D eigenvalue weighted by Gasteiger charge is -2.30. The Labute approximate surface area is 191 Å². The monoisotopic (exact) mass is 457 g/mol. The van der Waals surface area contributed by atoms with E-state index in [9.17, 15) is 14.7 Å². The van der Waals surface area contributed by atoms with Gasteiger partial charge in [0.1, 0.15) is 17.6 Å². The zero-order chi connectivity index (χ0) is 22.7. The molecule has 0 unspecified atom stereocenters. The highest BCUT2D eigenvalue weighted by Crippen LogP contribution is 2.40. The Kier molecular flexibility index (Phi) is 6.74. The van der Waals surface area contributed by atoms with E-state index in [1.54, 1.807) is 36.5 Å². The van der Waals surface area contributed by atoms with Gasteiger partial charge in [0.05, 0.1) is 37.2 Å². The van der Waals surface area contributed by atoms with Crippen molar-refractivity contribution in [3.05, 3.63) is 64.4 Å². The van der Waals surface area contributed by atoms with E-state index in [2.05, 4.69) is 9.88 Å². The van der Waals surface area contributed by atoms with Gasteiger partial charge < -0.3 is 19.5 Å². The van der Waals surface area contributed by atoms with Crippen molar-refractivity contribution >= 4 is 29.1 Å². The molecule has 2 aromatic rings. The summed E-state index contributed by atoms with van der Waals surface area (Å²) >= 11 is 6.13. The van der Waals surface area contributed by atoms with E-state index >= 15 is 0 Å². The molecule has 9 heteroatoms. The van der Waals surface area contributed by atoms with E-state index in [0.717, 1.165) is 13.1 Å². The first-order valence-electron chi connectivity index (χ1n) is 10.3. The number of benzene rings is 1. The fourth-order valence-electron chi connectivity index (χ4n) is 4.04. The van der Waals surface area contributed by atoms with Gasteiger partial charge >= 0.3 is 0 Å². The Morgan fingerprint density at radius 3 is 2.69 bits per heavy atom. The van der Waals surface area contributed by atoms with Crippen molar-refractivity contribution in [2.45, 2.75) is 6.04 Å². The van der Waals surface area contributed by atoms with Crippen LogP contribution < -0.4 is 4.74 Å². The minimum absolute atomic E-state index is 0.0313. The maximum absolute atomic E-state index is 13.1. The first-order valence-corrected chi connectivity index (χ1v) is 10.7. The predicted octanol–water partition coefficient (Wildman–Crippen LogP) is 2.50. The summed E-state index contributed by atoms with van der Waals surface area (Å²) in [5.41, 5.74) is 0.708. The standard InChI is InChI=1S/C23H24ClN3O5/c1-31-18-6-5-15(24)14-16(18)21(28)19-20(17-4-2-3-7-25-17)27(23(30)22(19)29)9-8-26-10-12-32-13-11-26/h2-7,14,20,28H,8-13H2,1H3/t20-/m1/s1. The lowest BCUT2D eigenvalue weighted by molar-refractivity contribution is -0.140. The van der Waals surface area contributed by atoms with Gasteiger partial charge in [0.15, 0.2) is 0 Å². The van der Waals surface area contributed by atoms with Crippen LogP contribution in [0.1, 0.15) is 17.3 Å². The van der Waals surface area contributed by atoms with Crippen molar-refractivity contribution in [2.75, 3.05) is 46.5 Å². The van der Waals surface area contributed by atoms with E-state index in [0.29, 0.717) is 42.8 Å². The third-order valence-corrected chi connectivity index (χ3v) is 5.92. The molecule has 0 saturated carbocycles. The van der Waals surface area contributed by atoms with Gasteiger partial charge in [0.2, 0.25) is 0 Å². The van der Waals surface area contributed by atoms with Gasteiger partial charge in [-0.1, -0.05) is 17.7 Å². The van der Waals surface area contributed by atoms with E-state index in [1.807, 2.05) is 0 Å². The normalized spacial score (nSPS) is 21.2. The number of ketones is 1. The number of carbonyl (C=O) groups excluding carboxylic acids is 2. The number of Topliss-reactive ketones (excluding diaryl/α,β-unsaturated/α-hetero) is 1. The number of nitrogens with zero attached hydrogens (tertiary/aromatic N) is 3. The Morgan fingerprint density at radius 2 is 2.00 bits per heavy atom. The second-order valence-electron chi connectivity index (χ2n) is 7.55. The number of aromatic nitrogens is 1. The van der Waals surface area contributed by atoms with E-state index < -0.39 is 17.7 Å². The molecule has 1 amide bonds. The van der Waals surface area contributed by atoms with Crippen LogP contribution in [0, 0.1) is 0 Å². The number of pyridine rings is 1. The van der Waals surface area contributed by atoms with Gasteiger partial charge in [-0.05, 0) is 30.3 Å². The van der Waals surface area contributed by atoms with Gasteiger partial charge in [0.25, 0.3) is 11.7 Å². The number of rotatable bonds is 6. The minimum atomic E-state index is -0.819. The summed E-state index contributed by atoms with van der Waals surface area (Å²) < 4.78 is 10.7. The van der Waals surface area contributed by atoms with Crippen LogP contribution in [0.25, 0.3) is 5.76 Å². The number of carbonyl (C=O) groups is 2. The molecule has 2 saturated heterocycles. The topological polar surface area (TPSA) is 92.2 Å². The fourth-order valence-corrected chi connectivity index (χ4v) is 4.21. The van der Waals surface area contributed by atoms with Crippen LogP contribution in [0.15, 0.2) is 48.2 Å². The number of halogens is 1. The molecule has 1 aromatic heterocycles. The minimum Gasteiger partial charge on any atom is -0.507 e. The molecule has 3 heterocycles. The molecule has 4 rings (SSSR count). The lowest BCUT2D eigenvalue weighted by Crippen LogP contribution is -2.42.